The quantitative estimate of drug-likeness (QED) is 0.263. The zero-order valence-corrected chi connectivity index (χ0v) is 15.4. The number of rotatable bonds is 5. The van der Waals surface area contributed by atoms with E-state index < -0.39 is 0 Å². The van der Waals surface area contributed by atoms with E-state index in [9.17, 15) is 14.8 Å². The number of hydrogen-bond acceptors (Lipinski definition) is 4. The normalized spacial score (nSPS) is 10.9. The van der Waals surface area contributed by atoms with E-state index in [0.29, 0.717) is 28.2 Å². The number of quaternary nitrogens is 1. The van der Waals surface area contributed by atoms with Crippen molar-refractivity contribution in [2.75, 3.05) is 11.1 Å². The monoisotopic (exact) mass is 390 g/mol. The van der Waals surface area contributed by atoms with Crippen LogP contribution in [0.2, 0.25) is 0 Å². The number of aromatic amines is 1. The number of para-hydroxylation sites is 4. The van der Waals surface area contributed by atoms with Crippen LogP contribution in [0.25, 0.3) is 11.0 Å². The third kappa shape index (κ3) is 3.62. The van der Waals surface area contributed by atoms with E-state index >= 15 is 0 Å². The number of carbonyl (C=O) groups is 1. The molecule has 8 nitrogen and oxygen atoms in total. The van der Waals surface area contributed by atoms with Crippen molar-refractivity contribution in [2.45, 2.75) is 6.54 Å². The first-order chi connectivity index (χ1) is 14.1. The Morgan fingerprint density at radius 1 is 1.10 bits per heavy atom. The van der Waals surface area contributed by atoms with Gasteiger partial charge in [-0.3, -0.25) is 9.36 Å². The maximum absolute atomic E-state index is 12.6. The van der Waals surface area contributed by atoms with Crippen molar-refractivity contribution in [1.82, 2.24) is 9.55 Å². The van der Waals surface area contributed by atoms with Crippen LogP contribution >= 0.6 is 0 Å². The van der Waals surface area contributed by atoms with Gasteiger partial charge in [0.05, 0.1) is 29.0 Å². The number of carbonyl (C=O) groups excluding carboxylic acids is 1. The van der Waals surface area contributed by atoms with Crippen LogP contribution in [-0.2, 0) is 6.54 Å². The average Bonchev–Trinajstić information content (AvgIpc) is 3.05. The molecule has 7 N–H and O–H groups in total. The molecule has 0 atom stereocenters. The highest BCUT2D eigenvalue weighted by molar-refractivity contribution is 6.06. The summed E-state index contributed by atoms with van der Waals surface area (Å²) in [5.74, 6) is -0.346. The molecule has 0 saturated carbocycles. The first-order valence-corrected chi connectivity index (χ1v) is 9.00. The number of nitrogen functional groups attached to an aromatic ring is 1. The van der Waals surface area contributed by atoms with Gasteiger partial charge in [0.15, 0.2) is 5.69 Å². The summed E-state index contributed by atoms with van der Waals surface area (Å²) >= 11 is 0. The van der Waals surface area contributed by atoms with Gasteiger partial charge in [-0.15, -0.1) is 0 Å². The van der Waals surface area contributed by atoms with Crippen LogP contribution in [0, 0.1) is 0 Å². The molecule has 0 aliphatic heterocycles. The molecule has 0 spiro atoms. The van der Waals surface area contributed by atoms with Gasteiger partial charge in [-0.05, 0) is 30.3 Å². The number of nitrogens with two attached hydrogens (primary N) is 2. The van der Waals surface area contributed by atoms with Crippen molar-refractivity contribution in [3.63, 3.8) is 0 Å². The number of hydrogen-bond donors (Lipinski definition) is 5. The molecule has 0 fully saturated rings. The molecule has 0 aliphatic rings. The number of amides is 1. The van der Waals surface area contributed by atoms with E-state index in [1.54, 1.807) is 47.0 Å². The molecule has 4 rings (SSSR count). The van der Waals surface area contributed by atoms with E-state index in [1.165, 1.54) is 0 Å². The second-order valence-electron chi connectivity index (χ2n) is 6.62. The molecule has 8 heteroatoms. The highest BCUT2D eigenvalue weighted by Gasteiger charge is 2.15. The fourth-order valence-corrected chi connectivity index (χ4v) is 3.24. The van der Waals surface area contributed by atoms with Gasteiger partial charge < -0.3 is 16.0 Å². The minimum atomic E-state index is -0.346. The molecule has 1 aromatic heterocycles. The maximum atomic E-state index is 12.6. The number of nitrogens with zero attached hydrogens (tertiary/aromatic N) is 1. The predicted octanol–water partition coefficient (Wildman–Crippen LogP) is 1.80. The van der Waals surface area contributed by atoms with Gasteiger partial charge in [0.25, 0.3) is 5.91 Å². The van der Waals surface area contributed by atoms with Crippen LogP contribution in [0.1, 0.15) is 15.9 Å². The second-order valence-corrected chi connectivity index (χ2v) is 6.62. The Bertz CT molecular complexity index is 1260. The lowest BCUT2D eigenvalue weighted by molar-refractivity contribution is -0.826. The standard InChI is InChI=1S/C21H19N5O3/c22-15-5-1-2-6-16(15)23-20(27)13-9-10-14(18(11-13)25-29)12-26-19-8-4-3-7-17(19)24-21(26)28/h1-11,25,29H,12,22H2,(H,23,27)(H,24,28)/p+1. The topological polar surface area (TPSA) is 130 Å². The number of H-pyrrole nitrogens is 1. The molecule has 3 aromatic carbocycles. The zero-order chi connectivity index (χ0) is 20.4. The van der Waals surface area contributed by atoms with Crippen LogP contribution in [0.15, 0.2) is 71.5 Å². The van der Waals surface area contributed by atoms with Gasteiger partial charge in [0.1, 0.15) is 0 Å². The minimum Gasteiger partial charge on any atom is -0.397 e. The largest absolute Gasteiger partial charge is 0.397 e. The van der Waals surface area contributed by atoms with Crippen LogP contribution in [0.4, 0.5) is 17.1 Å². The molecule has 0 unspecified atom stereocenters. The second kappa shape index (κ2) is 7.63. The van der Waals surface area contributed by atoms with E-state index in [2.05, 4.69) is 10.3 Å². The maximum Gasteiger partial charge on any atom is 0.326 e. The van der Waals surface area contributed by atoms with Gasteiger partial charge >= 0.3 is 5.69 Å². The summed E-state index contributed by atoms with van der Waals surface area (Å²) in [5.41, 5.74) is 10.6. The Morgan fingerprint density at radius 3 is 2.66 bits per heavy atom. The highest BCUT2D eigenvalue weighted by atomic mass is 16.5. The fourth-order valence-electron chi connectivity index (χ4n) is 3.24. The molecule has 0 bridgehead atoms. The summed E-state index contributed by atoms with van der Waals surface area (Å²) in [6.07, 6.45) is 0. The number of fused-ring (bicyclic) bond motifs is 1. The third-order valence-corrected chi connectivity index (χ3v) is 4.77. The summed E-state index contributed by atoms with van der Waals surface area (Å²) in [7, 11) is 0. The van der Waals surface area contributed by atoms with Gasteiger partial charge in [-0.25, -0.2) is 10.0 Å². The van der Waals surface area contributed by atoms with E-state index in [0.717, 1.165) is 16.5 Å². The molecule has 1 heterocycles. The molecular weight excluding hydrogens is 370 g/mol. The van der Waals surface area contributed by atoms with E-state index in [-0.39, 0.29) is 18.1 Å². The fraction of sp³-hybridized carbons (Fsp3) is 0.0476. The van der Waals surface area contributed by atoms with Crippen molar-refractivity contribution >= 4 is 34.0 Å². The van der Waals surface area contributed by atoms with Gasteiger partial charge in [0, 0.05) is 17.2 Å². The Hall–Kier alpha value is -3.88. The van der Waals surface area contributed by atoms with Crippen LogP contribution in [0.5, 0.6) is 0 Å². The SMILES string of the molecule is Nc1ccccc1NC(=O)c1ccc(Cn2c(=O)[nH]c3ccccc32)c([NH2+]O)c1. The van der Waals surface area contributed by atoms with Gasteiger partial charge in [-0.1, -0.05) is 30.3 Å². The molecule has 146 valence electrons. The van der Waals surface area contributed by atoms with Gasteiger partial charge in [0.2, 0.25) is 0 Å². The Kier molecular flexibility index (Phi) is 4.86. The highest BCUT2D eigenvalue weighted by Crippen LogP contribution is 2.20. The lowest BCUT2D eigenvalue weighted by Gasteiger charge is -2.10. The lowest BCUT2D eigenvalue weighted by Crippen LogP contribution is -2.74. The lowest BCUT2D eigenvalue weighted by atomic mass is 10.1. The van der Waals surface area contributed by atoms with Crippen LogP contribution < -0.4 is 22.2 Å². The number of anilines is 2. The zero-order valence-electron chi connectivity index (χ0n) is 15.4. The Morgan fingerprint density at radius 2 is 1.86 bits per heavy atom. The summed E-state index contributed by atoms with van der Waals surface area (Å²) in [5, 5.41) is 12.5. The number of nitrogens with one attached hydrogen (secondary N) is 2. The van der Waals surface area contributed by atoms with Crippen molar-refractivity contribution in [2.24, 2.45) is 0 Å². The number of imidazole rings is 1. The molecule has 1 amide bonds. The van der Waals surface area contributed by atoms with Crippen molar-refractivity contribution < 1.29 is 15.5 Å². The summed E-state index contributed by atoms with van der Waals surface area (Å²) in [6, 6.07) is 19.3. The number of benzene rings is 3. The summed E-state index contributed by atoms with van der Waals surface area (Å²) in [6.45, 7) is 0.253. The van der Waals surface area contributed by atoms with Crippen molar-refractivity contribution in [3.05, 3.63) is 88.3 Å². The molecule has 0 aliphatic carbocycles. The smallest absolute Gasteiger partial charge is 0.326 e. The Balaban J connectivity index is 1.63. The van der Waals surface area contributed by atoms with Crippen molar-refractivity contribution in [3.8, 4) is 0 Å². The summed E-state index contributed by atoms with van der Waals surface area (Å²) in [4.78, 5) is 27.7. The predicted molar refractivity (Wildman–Crippen MR) is 110 cm³/mol. The average molecular weight is 390 g/mol. The summed E-state index contributed by atoms with van der Waals surface area (Å²) < 4.78 is 1.59. The molecule has 29 heavy (non-hydrogen) atoms. The first-order valence-electron chi connectivity index (χ1n) is 9.00. The molecule has 4 aromatic rings. The molecular formula is C21H20N5O3+. The minimum absolute atomic E-state index is 0.239. The van der Waals surface area contributed by atoms with E-state index in [4.69, 9.17) is 5.73 Å². The van der Waals surface area contributed by atoms with Crippen LogP contribution in [-0.4, -0.2) is 20.7 Å². The van der Waals surface area contributed by atoms with Gasteiger partial charge in [-0.2, -0.15) is 5.48 Å². The third-order valence-electron chi connectivity index (χ3n) is 4.77. The molecule has 0 radical (unpaired) electrons. The Labute approximate surface area is 165 Å². The van der Waals surface area contributed by atoms with Crippen LogP contribution in [0.3, 0.4) is 0 Å². The van der Waals surface area contributed by atoms with E-state index in [1.807, 2.05) is 24.3 Å². The van der Waals surface area contributed by atoms with Crippen molar-refractivity contribution in [1.29, 1.82) is 0 Å². The molecule has 0 saturated heterocycles. The number of aromatic nitrogens is 2. The first kappa shape index (κ1) is 18.5.